The maximum absolute atomic E-state index is 11.4. The fourth-order valence-corrected chi connectivity index (χ4v) is 2.27. The Morgan fingerprint density at radius 2 is 1.90 bits per heavy atom. The first-order valence-electron chi connectivity index (χ1n) is 6.82. The Bertz CT molecular complexity index is 582. The van der Waals surface area contributed by atoms with Gasteiger partial charge < -0.3 is 10.6 Å². The maximum atomic E-state index is 11.4. The molecule has 0 aliphatic heterocycles. The van der Waals surface area contributed by atoms with Crippen LogP contribution < -0.4 is 15.4 Å². The third-order valence-electron chi connectivity index (χ3n) is 2.66. The Hall–Kier alpha value is -1.76. The summed E-state index contributed by atoms with van der Waals surface area (Å²) in [6, 6.07) is 7.27. The molecule has 1 rings (SSSR count). The predicted molar refractivity (Wildman–Crippen MR) is 87.9 cm³/mol. The minimum Gasteiger partial charge on any atom is -0.356 e. The van der Waals surface area contributed by atoms with Gasteiger partial charge in [0, 0.05) is 20.1 Å². The number of aliphatic imine (C=N–C) groups is 1. The number of hydrogen-bond donors (Lipinski definition) is 3. The van der Waals surface area contributed by atoms with Crippen LogP contribution in [0, 0.1) is 5.92 Å². The van der Waals surface area contributed by atoms with E-state index in [4.69, 9.17) is 0 Å². The summed E-state index contributed by atoms with van der Waals surface area (Å²) in [6.07, 6.45) is 1.14. The Labute approximate surface area is 127 Å². The van der Waals surface area contributed by atoms with E-state index in [9.17, 15) is 8.42 Å². The summed E-state index contributed by atoms with van der Waals surface area (Å²) < 4.78 is 25.2. The van der Waals surface area contributed by atoms with Gasteiger partial charge in [0.25, 0.3) is 0 Å². The third kappa shape index (κ3) is 6.99. The standard InChI is InChI=1S/C14H24N4O2S/c1-11(2)9-16-14(15-3)17-10-12-7-5-6-8-13(12)18-21(4,19)20/h5-8,11,18H,9-10H2,1-4H3,(H2,15,16,17). The van der Waals surface area contributed by atoms with Crippen LogP contribution in [-0.4, -0.2) is 34.2 Å². The molecule has 0 aliphatic carbocycles. The van der Waals surface area contributed by atoms with Crippen molar-refractivity contribution in [3.05, 3.63) is 29.8 Å². The molecule has 0 fully saturated rings. The average molecular weight is 312 g/mol. The van der Waals surface area contributed by atoms with Gasteiger partial charge in [0.05, 0.1) is 11.9 Å². The fraction of sp³-hybridized carbons (Fsp3) is 0.500. The zero-order valence-corrected chi connectivity index (χ0v) is 13.8. The highest BCUT2D eigenvalue weighted by atomic mass is 32.2. The van der Waals surface area contributed by atoms with Crippen molar-refractivity contribution in [2.75, 3.05) is 24.6 Å². The summed E-state index contributed by atoms with van der Waals surface area (Å²) in [7, 11) is -1.58. The van der Waals surface area contributed by atoms with Crippen molar-refractivity contribution >= 4 is 21.7 Å². The molecule has 0 heterocycles. The van der Waals surface area contributed by atoms with Crippen molar-refractivity contribution in [2.24, 2.45) is 10.9 Å². The van der Waals surface area contributed by atoms with Crippen LogP contribution in [0.25, 0.3) is 0 Å². The van der Waals surface area contributed by atoms with Gasteiger partial charge in [0.2, 0.25) is 10.0 Å². The Morgan fingerprint density at radius 1 is 1.24 bits per heavy atom. The van der Waals surface area contributed by atoms with E-state index in [0.717, 1.165) is 18.4 Å². The number of sulfonamides is 1. The quantitative estimate of drug-likeness (QED) is 0.547. The van der Waals surface area contributed by atoms with E-state index in [0.29, 0.717) is 24.1 Å². The number of nitrogens with zero attached hydrogens (tertiary/aromatic N) is 1. The molecule has 21 heavy (non-hydrogen) atoms. The van der Waals surface area contributed by atoms with E-state index in [1.807, 2.05) is 12.1 Å². The molecule has 0 unspecified atom stereocenters. The minimum absolute atomic E-state index is 0.483. The molecule has 7 heteroatoms. The van der Waals surface area contributed by atoms with Gasteiger partial charge in [-0.3, -0.25) is 9.71 Å². The first-order chi connectivity index (χ1) is 9.81. The lowest BCUT2D eigenvalue weighted by Crippen LogP contribution is -2.38. The van der Waals surface area contributed by atoms with Crippen molar-refractivity contribution in [1.82, 2.24) is 10.6 Å². The summed E-state index contributed by atoms with van der Waals surface area (Å²) in [5.74, 6) is 1.21. The van der Waals surface area contributed by atoms with Crippen LogP contribution in [0.2, 0.25) is 0 Å². The minimum atomic E-state index is -3.29. The van der Waals surface area contributed by atoms with Gasteiger partial charge in [0.15, 0.2) is 5.96 Å². The van der Waals surface area contributed by atoms with Gasteiger partial charge in [-0.1, -0.05) is 32.0 Å². The van der Waals surface area contributed by atoms with Crippen molar-refractivity contribution in [2.45, 2.75) is 20.4 Å². The van der Waals surface area contributed by atoms with Crippen molar-refractivity contribution in [3.8, 4) is 0 Å². The molecule has 0 saturated carbocycles. The van der Waals surface area contributed by atoms with Crippen LogP contribution in [0.3, 0.4) is 0 Å². The molecule has 0 spiro atoms. The van der Waals surface area contributed by atoms with Crippen LogP contribution in [0.4, 0.5) is 5.69 Å². The SMILES string of the molecule is CN=C(NCc1ccccc1NS(C)(=O)=O)NCC(C)C. The Morgan fingerprint density at radius 3 is 2.48 bits per heavy atom. The summed E-state index contributed by atoms with van der Waals surface area (Å²) in [6.45, 7) is 5.54. The molecule has 0 atom stereocenters. The summed E-state index contributed by atoms with van der Waals surface area (Å²) in [5.41, 5.74) is 1.43. The molecule has 3 N–H and O–H groups in total. The Balaban J connectivity index is 2.70. The number of para-hydroxylation sites is 1. The topological polar surface area (TPSA) is 82.6 Å². The molecule has 0 bridgehead atoms. The number of benzene rings is 1. The highest BCUT2D eigenvalue weighted by molar-refractivity contribution is 7.92. The number of anilines is 1. The van der Waals surface area contributed by atoms with E-state index >= 15 is 0 Å². The lowest BCUT2D eigenvalue weighted by atomic mass is 10.2. The van der Waals surface area contributed by atoms with Crippen LogP contribution in [0.1, 0.15) is 19.4 Å². The van der Waals surface area contributed by atoms with Crippen LogP contribution in [0.15, 0.2) is 29.3 Å². The van der Waals surface area contributed by atoms with Gasteiger partial charge in [-0.15, -0.1) is 0 Å². The summed E-state index contributed by atoms with van der Waals surface area (Å²) in [4.78, 5) is 4.14. The van der Waals surface area contributed by atoms with Crippen LogP contribution in [-0.2, 0) is 16.6 Å². The zero-order valence-electron chi connectivity index (χ0n) is 13.0. The monoisotopic (exact) mass is 312 g/mol. The number of guanidine groups is 1. The first kappa shape index (κ1) is 17.3. The molecule has 118 valence electrons. The average Bonchev–Trinajstić information content (AvgIpc) is 2.38. The molecule has 0 saturated heterocycles. The molecular weight excluding hydrogens is 288 g/mol. The third-order valence-corrected chi connectivity index (χ3v) is 3.25. The molecule has 0 aromatic heterocycles. The smallest absolute Gasteiger partial charge is 0.229 e. The first-order valence-corrected chi connectivity index (χ1v) is 8.71. The van der Waals surface area contributed by atoms with Crippen LogP contribution >= 0.6 is 0 Å². The maximum Gasteiger partial charge on any atom is 0.229 e. The van der Waals surface area contributed by atoms with Crippen molar-refractivity contribution < 1.29 is 8.42 Å². The fourth-order valence-electron chi connectivity index (χ4n) is 1.67. The van der Waals surface area contributed by atoms with Crippen molar-refractivity contribution in [3.63, 3.8) is 0 Å². The van der Waals surface area contributed by atoms with Gasteiger partial charge in [-0.2, -0.15) is 0 Å². The van der Waals surface area contributed by atoms with Gasteiger partial charge in [-0.25, -0.2) is 8.42 Å². The summed E-state index contributed by atoms with van der Waals surface area (Å²) in [5, 5.41) is 6.38. The summed E-state index contributed by atoms with van der Waals surface area (Å²) >= 11 is 0. The molecular formula is C14H24N4O2S. The van der Waals surface area contributed by atoms with E-state index in [2.05, 4.69) is 34.2 Å². The predicted octanol–water partition coefficient (Wildman–Crippen LogP) is 1.38. The zero-order chi connectivity index (χ0) is 15.9. The Kier molecular flexibility index (Phi) is 6.48. The van der Waals surface area contributed by atoms with E-state index in [1.165, 1.54) is 0 Å². The van der Waals surface area contributed by atoms with E-state index in [-0.39, 0.29) is 0 Å². The number of rotatable bonds is 6. The van der Waals surface area contributed by atoms with E-state index in [1.54, 1.807) is 19.2 Å². The number of hydrogen-bond acceptors (Lipinski definition) is 3. The molecule has 6 nitrogen and oxygen atoms in total. The molecule has 1 aromatic rings. The second kappa shape index (κ2) is 7.87. The molecule has 1 aromatic carbocycles. The van der Waals surface area contributed by atoms with Gasteiger partial charge in [0.1, 0.15) is 0 Å². The lowest BCUT2D eigenvalue weighted by molar-refractivity contribution is 0.606. The second-order valence-corrected chi connectivity index (χ2v) is 6.98. The molecule has 0 amide bonds. The highest BCUT2D eigenvalue weighted by Gasteiger charge is 2.07. The normalized spacial score (nSPS) is 12.3. The van der Waals surface area contributed by atoms with E-state index < -0.39 is 10.0 Å². The largest absolute Gasteiger partial charge is 0.356 e. The van der Waals surface area contributed by atoms with Gasteiger partial charge in [-0.05, 0) is 17.5 Å². The highest BCUT2D eigenvalue weighted by Crippen LogP contribution is 2.15. The number of nitrogens with one attached hydrogen (secondary N) is 3. The molecule has 0 radical (unpaired) electrons. The molecule has 0 aliphatic rings. The van der Waals surface area contributed by atoms with Crippen LogP contribution in [0.5, 0.6) is 0 Å². The second-order valence-electron chi connectivity index (χ2n) is 5.23. The van der Waals surface area contributed by atoms with Crippen molar-refractivity contribution in [1.29, 1.82) is 0 Å². The van der Waals surface area contributed by atoms with Gasteiger partial charge >= 0.3 is 0 Å². The lowest BCUT2D eigenvalue weighted by Gasteiger charge is -2.15.